The third kappa shape index (κ3) is 8.46. The van der Waals surface area contributed by atoms with E-state index >= 15 is 0 Å². The third-order valence-electron chi connectivity index (χ3n) is 2.54. The third-order valence-corrected chi connectivity index (χ3v) is 4.59. The second kappa shape index (κ2) is 11.8. The molecule has 0 fully saturated rings. The van der Waals surface area contributed by atoms with Crippen LogP contribution in [-0.2, 0) is 0 Å². The Morgan fingerprint density at radius 3 is 1.81 bits per heavy atom. The average molecular weight is 247 g/mol. The van der Waals surface area contributed by atoms with Crippen molar-refractivity contribution >= 4 is 8.22 Å². The van der Waals surface area contributed by atoms with Gasteiger partial charge in [0.1, 0.15) is 0 Å². The number of rotatable bonds is 11. The van der Waals surface area contributed by atoms with Crippen LogP contribution in [0.4, 0.5) is 0 Å². The molecule has 0 aromatic heterocycles. The van der Waals surface area contributed by atoms with Gasteiger partial charge in [-0.15, -0.1) is 0 Å². The van der Waals surface area contributed by atoms with E-state index in [0.29, 0.717) is 5.78 Å². The molecule has 0 spiro atoms. The molecule has 4 N–H and O–H groups in total. The van der Waals surface area contributed by atoms with Gasteiger partial charge in [0.2, 0.25) is 0 Å². The van der Waals surface area contributed by atoms with E-state index in [-0.39, 0.29) is 8.22 Å². The van der Waals surface area contributed by atoms with E-state index in [0.717, 1.165) is 19.5 Å². The molecule has 0 rings (SSSR count). The molecule has 1 unspecified atom stereocenters. The Bertz CT molecular complexity index is 134. The first kappa shape index (κ1) is 16.3. The number of nitrogens with two attached hydrogens (primary N) is 1. The highest BCUT2D eigenvalue weighted by Gasteiger charge is 2.15. The van der Waals surface area contributed by atoms with E-state index in [1.165, 1.54) is 32.1 Å². The van der Waals surface area contributed by atoms with Gasteiger partial charge >= 0.3 is 0 Å². The summed E-state index contributed by atoms with van der Waals surface area (Å²) in [6.45, 7) is 8.84. The first-order valence-electron chi connectivity index (χ1n) is 6.78. The van der Waals surface area contributed by atoms with Gasteiger partial charge in [-0.3, -0.25) is 10.2 Å². The van der Waals surface area contributed by atoms with Crippen molar-refractivity contribution < 1.29 is 0 Å². The molecule has 0 aromatic carbocycles. The highest BCUT2D eigenvalue weighted by atomic mass is 31.1. The maximum Gasteiger partial charge on any atom is 0.0516 e. The second-order valence-electron chi connectivity index (χ2n) is 4.25. The minimum absolute atomic E-state index is 0.300. The highest BCUT2D eigenvalue weighted by Crippen LogP contribution is 2.31. The molecule has 4 heteroatoms. The largest absolute Gasteiger partial charge is 0.322 e. The van der Waals surface area contributed by atoms with E-state index in [4.69, 9.17) is 5.73 Å². The maximum absolute atomic E-state index is 6.20. The predicted octanol–water partition coefficient (Wildman–Crippen LogP) is 3.16. The Morgan fingerprint density at radius 1 is 0.938 bits per heavy atom. The standard InChI is InChI=1S/C12H30N3P/c1-4-7-10-14-16(12(13)9-6-3)15-11-8-5-2/h12,14-15H,4-11,13H2,1-3H3. The lowest BCUT2D eigenvalue weighted by atomic mass is 10.3. The summed E-state index contributed by atoms with van der Waals surface area (Å²) in [7, 11) is -0.373. The van der Waals surface area contributed by atoms with E-state index < -0.39 is 0 Å². The number of nitrogens with one attached hydrogen (secondary N) is 2. The van der Waals surface area contributed by atoms with Gasteiger partial charge in [-0.05, 0) is 19.3 Å². The Hall–Kier alpha value is 0.310. The SMILES string of the molecule is CCCCNP(NCCCC)C(N)CCC. The number of hydrogen-bond acceptors (Lipinski definition) is 3. The van der Waals surface area contributed by atoms with Crippen molar-refractivity contribution in [3.63, 3.8) is 0 Å². The molecule has 0 aliphatic heterocycles. The lowest BCUT2D eigenvalue weighted by Crippen LogP contribution is -2.32. The Labute approximate surface area is 103 Å². The van der Waals surface area contributed by atoms with Gasteiger partial charge in [-0.2, -0.15) is 0 Å². The monoisotopic (exact) mass is 247 g/mol. The lowest BCUT2D eigenvalue weighted by molar-refractivity contribution is 0.698. The Kier molecular flexibility index (Phi) is 12.0. The highest BCUT2D eigenvalue weighted by molar-refractivity contribution is 7.54. The summed E-state index contributed by atoms with van der Waals surface area (Å²) >= 11 is 0. The minimum Gasteiger partial charge on any atom is -0.322 e. The summed E-state index contributed by atoms with van der Waals surface area (Å²) in [6, 6.07) is 0. The van der Waals surface area contributed by atoms with Crippen LogP contribution in [0.25, 0.3) is 0 Å². The van der Waals surface area contributed by atoms with Crippen molar-refractivity contribution in [1.29, 1.82) is 0 Å². The van der Waals surface area contributed by atoms with Crippen LogP contribution in [-0.4, -0.2) is 18.9 Å². The Balaban J connectivity index is 3.84. The van der Waals surface area contributed by atoms with Crippen molar-refractivity contribution in [3.8, 4) is 0 Å². The van der Waals surface area contributed by atoms with Crippen LogP contribution >= 0.6 is 8.22 Å². The van der Waals surface area contributed by atoms with Gasteiger partial charge in [0.15, 0.2) is 0 Å². The molecule has 0 bridgehead atoms. The van der Waals surface area contributed by atoms with Crippen LogP contribution < -0.4 is 15.9 Å². The molecule has 0 saturated heterocycles. The summed E-state index contributed by atoms with van der Waals surface area (Å²) in [5.41, 5.74) is 6.20. The lowest BCUT2D eigenvalue weighted by Gasteiger charge is -2.25. The van der Waals surface area contributed by atoms with Crippen LogP contribution in [0, 0.1) is 0 Å². The van der Waals surface area contributed by atoms with Crippen LogP contribution in [0.2, 0.25) is 0 Å². The van der Waals surface area contributed by atoms with Crippen LogP contribution in [0.15, 0.2) is 0 Å². The molecule has 0 saturated carbocycles. The molecule has 1 atom stereocenters. The van der Waals surface area contributed by atoms with E-state index in [1.54, 1.807) is 0 Å². The Morgan fingerprint density at radius 2 is 1.44 bits per heavy atom. The molecule has 3 nitrogen and oxygen atoms in total. The van der Waals surface area contributed by atoms with Gasteiger partial charge in [0, 0.05) is 13.1 Å². The summed E-state index contributed by atoms with van der Waals surface area (Å²) in [5, 5.41) is 7.19. The zero-order valence-electron chi connectivity index (χ0n) is 11.3. The van der Waals surface area contributed by atoms with Crippen LogP contribution in [0.5, 0.6) is 0 Å². The van der Waals surface area contributed by atoms with Crippen molar-refractivity contribution in [2.24, 2.45) is 5.73 Å². The molecule has 0 radical (unpaired) electrons. The molecule has 0 amide bonds. The summed E-state index contributed by atoms with van der Waals surface area (Å²) in [4.78, 5) is 0. The molecule has 0 aromatic rings. The topological polar surface area (TPSA) is 50.1 Å². The van der Waals surface area contributed by atoms with Gasteiger partial charge in [-0.25, -0.2) is 0 Å². The first-order valence-corrected chi connectivity index (χ1v) is 8.19. The fraction of sp³-hybridized carbons (Fsp3) is 1.00. The molecule has 0 aliphatic carbocycles. The normalized spacial score (nSPS) is 13.3. The molecular formula is C12H30N3P. The molecular weight excluding hydrogens is 217 g/mol. The zero-order valence-corrected chi connectivity index (χ0v) is 12.2. The zero-order chi connectivity index (χ0) is 12.2. The second-order valence-corrected chi connectivity index (χ2v) is 6.29. The van der Waals surface area contributed by atoms with Gasteiger partial charge in [-0.1, -0.05) is 40.0 Å². The molecule has 16 heavy (non-hydrogen) atoms. The molecule has 0 aliphatic rings. The van der Waals surface area contributed by atoms with Crippen molar-refractivity contribution in [2.45, 2.75) is 65.1 Å². The predicted molar refractivity (Wildman–Crippen MR) is 75.6 cm³/mol. The van der Waals surface area contributed by atoms with Crippen LogP contribution in [0.1, 0.15) is 59.3 Å². The van der Waals surface area contributed by atoms with Gasteiger partial charge in [0.25, 0.3) is 0 Å². The van der Waals surface area contributed by atoms with Gasteiger partial charge < -0.3 is 5.73 Å². The number of unbranched alkanes of at least 4 members (excludes halogenated alkanes) is 2. The number of hydrogen-bond donors (Lipinski definition) is 3. The quantitative estimate of drug-likeness (QED) is 0.388. The van der Waals surface area contributed by atoms with Crippen molar-refractivity contribution in [3.05, 3.63) is 0 Å². The van der Waals surface area contributed by atoms with Gasteiger partial charge in [0.05, 0.1) is 14.0 Å². The fourth-order valence-corrected chi connectivity index (χ4v) is 3.36. The average Bonchev–Trinajstić information content (AvgIpc) is 2.28. The summed E-state index contributed by atoms with van der Waals surface area (Å²) in [5.74, 6) is 0.300. The van der Waals surface area contributed by atoms with E-state index in [2.05, 4.69) is 30.9 Å². The van der Waals surface area contributed by atoms with Crippen molar-refractivity contribution in [1.82, 2.24) is 10.2 Å². The van der Waals surface area contributed by atoms with Crippen molar-refractivity contribution in [2.75, 3.05) is 13.1 Å². The smallest absolute Gasteiger partial charge is 0.0516 e. The molecule has 0 heterocycles. The fourth-order valence-electron chi connectivity index (χ4n) is 1.47. The van der Waals surface area contributed by atoms with E-state index in [1.807, 2.05) is 0 Å². The van der Waals surface area contributed by atoms with Crippen LogP contribution in [0.3, 0.4) is 0 Å². The van der Waals surface area contributed by atoms with E-state index in [9.17, 15) is 0 Å². The summed E-state index contributed by atoms with van der Waals surface area (Å²) < 4.78 is 0. The maximum atomic E-state index is 6.20. The minimum atomic E-state index is -0.373. The first-order chi connectivity index (χ1) is 7.76. The molecule has 98 valence electrons. The summed E-state index contributed by atoms with van der Waals surface area (Å²) in [6.07, 6.45) is 7.26.